The molecule has 2 fully saturated rings. The summed E-state index contributed by atoms with van der Waals surface area (Å²) in [6.07, 6.45) is 0. The molecule has 17 heavy (non-hydrogen) atoms. The molecular formula is C12H14F2N2O. The lowest BCUT2D eigenvalue weighted by Gasteiger charge is -2.55. The zero-order chi connectivity index (χ0) is 12.0. The van der Waals surface area contributed by atoms with Gasteiger partial charge in [0, 0.05) is 25.8 Å². The first kappa shape index (κ1) is 10.8. The first-order valence-corrected chi connectivity index (χ1v) is 5.63. The van der Waals surface area contributed by atoms with E-state index in [2.05, 4.69) is 5.32 Å². The smallest absolute Gasteiger partial charge is 0.151 e. The van der Waals surface area contributed by atoms with Crippen molar-refractivity contribution in [3.8, 4) is 0 Å². The molecule has 0 bridgehead atoms. The maximum absolute atomic E-state index is 13.8. The Kier molecular flexibility index (Phi) is 2.26. The van der Waals surface area contributed by atoms with Crippen LogP contribution in [0.25, 0.3) is 0 Å². The number of hydrogen-bond donors (Lipinski definition) is 1. The van der Waals surface area contributed by atoms with E-state index in [9.17, 15) is 8.78 Å². The summed E-state index contributed by atoms with van der Waals surface area (Å²) < 4.78 is 32.7. The predicted octanol–water partition coefficient (Wildman–Crippen LogP) is 1.84. The van der Waals surface area contributed by atoms with Crippen LogP contribution in [0.15, 0.2) is 12.1 Å². The van der Waals surface area contributed by atoms with Crippen molar-refractivity contribution in [1.29, 1.82) is 0 Å². The first-order valence-electron chi connectivity index (χ1n) is 5.63. The summed E-state index contributed by atoms with van der Waals surface area (Å²) in [5, 5.41) is 2.73. The molecule has 0 aliphatic carbocycles. The summed E-state index contributed by atoms with van der Waals surface area (Å²) in [6, 6.07) is 2.64. The molecule has 0 unspecified atom stereocenters. The zero-order valence-corrected chi connectivity index (χ0v) is 9.59. The highest BCUT2D eigenvalue weighted by molar-refractivity contribution is 5.59. The second-order valence-electron chi connectivity index (χ2n) is 4.89. The molecule has 0 amide bonds. The van der Waals surface area contributed by atoms with Gasteiger partial charge in [0.25, 0.3) is 0 Å². The van der Waals surface area contributed by atoms with Gasteiger partial charge in [-0.05, 0) is 12.1 Å². The molecule has 2 aliphatic rings. The second kappa shape index (κ2) is 3.57. The summed E-state index contributed by atoms with van der Waals surface area (Å²) >= 11 is 0. The second-order valence-corrected chi connectivity index (χ2v) is 4.89. The molecule has 1 aromatic carbocycles. The van der Waals surface area contributed by atoms with Crippen LogP contribution in [0.1, 0.15) is 0 Å². The van der Waals surface area contributed by atoms with Crippen LogP contribution in [-0.2, 0) is 4.74 Å². The van der Waals surface area contributed by atoms with Crippen LogP contribution in [0, 0.1) is 17.0 Å². The van der Waals surface area contributed by atoms with Crippen LogP contribution >= 0.6 is 0 Å². The van der Waals surface area contributed by atoms with Gasteiger partial charge in [0.15, 0.2) is 11.6 Å². The average Bonchev–Trinajstić information content (AvgIpc) is 2.17. The highest BCUT2D eigenvalue weighted by Gasteiger charge is 2.50. The van der Waals surface area contributed by atoms with Crippen molar-refractivity contribution in [2.45, 2.75) is 0 Å². The number of nitrogens with zero attached hydrogens (tertiary/aromatic N) is 1. The topological polar surface area (TPSA) is 24.5 Å². The van der Waals surface area contributed by atoms with Crippen molar-refractivity contribution in [2.24, 2.45) is 5.41 Å². The van der Waals surface area contributed by atoms with E-state index in [4.69, 9.17) is 4.74 Å². The Hall–Kier alpha value is -1.36. The first-order chi connectivity index (χ1) is 8.13. The fraction of sp³-hybridized carbons (Fsp3) is 0.500. The van der Waals surface area contributed by atoms with E-state index in [1.165, 1.54) is 12.1 Å². The molecule has 3 nitrogen and oxygen atoms in total. The van der Waals surface area contributed by atoms with E-state index in [1.807, 2.05) is 0 Å². The van der Waals surface area contributed by atoms with Crippen LogP contribution < -0.4 is 10.2 Å². The molecule has 2 aliphatic heterocycles. The van der Waals surface area contributed by atoms with Gasteiger partial charge < -0.3 is 15.0 Å². The zero-order valence-electron chi connectivity index (χ0n) is 9.59. The Balaban J connectivity index is 1.84. The molecule has 92 valence electrons. The van der Waals surface area contributed by atoms with Crippen LogP contribution in [0.5, 0.6) is 0 Å². The lowest BCUT2D eigenvalue weighted by Crippen LogP contribution is -2.66. The summed E-state index contributed by atoms with van der Waals surface area (Å²) in [5.41, 5.74) is 0.688. The van der Waals surface area contributed by atoms with Gasteiger partial charge in [-0.3, -0.25) is 0 Å². The molecule has 1 aromatic rings. The maximum Gasteiger partial charge on any atom is 0.151 e. The van der Waals surface area contributed by atoms with E-state index in [0.717, 1.165) is 0 Å². The van der Waals surface area contributed by atoms with E-state index in [1.54, 1.807) is 11.9 Å². The van der Waals surface area contributed by atoms with Crippen LogP contribution in [0.3, 0.4) is 0 Å². The van der Waals surface area contributed by atoms with Crippen LogP contribution in [0.2, 0.25) is 0 Å². The third-order valence-corrected chi connectivity index (χ3v) is 3.49. The third kappa shape index (κ3) is 1.57. The summed E-state index contributed by atoms with van der Waals surface area (Å²) in [4.78, 5) is 1.74. The van der Waals surface area contributed by atoms with Crippen molar-refractivity contribution < 1.29 is 13.5 Å². The molecule has 0 aromatic heterocycles. The van der Waals surface area contributed by atoms with E-state index < -0.39 is 11.6 Å². The van der Waals surface area contributed by atoms with Crippen molar-refractivity contribution in [3.63, 3.8) is 0 Å². The number of halogens is 2. The van der Waals surface area contributed by atoms with Crippen molar-refractivity contribution >= 4 is 11.4 Å². The van der Waals surface area contributed by atoms with Gasteiger partial charge in [0.05, 0.1) is 18.6 Å². The molecule has 2 heterocycles. The van der Waals surface area contributed by atoms with Gasteiger partial charge in [0.2, 0.25) is 0 Å². The average molecular weight is 240 g/mol. The Morgan fingerprint density at radius 1 is 1.24 bits per heavy atom. The molecule has 1 spiro atoms. The lowest BCUT2D eigenvalue weighted by molar-refractivity contribution is -0.127. The van der Waals surface area contributed by atoms with E-state index in [-0.39, 0.29) is 11.1 Å². The molecule has 0 saturated carbocycles. The standard InChI is InChI=1S/C12H14F2N2O/c1-15-8-2-9(13)11(10(14)3-8)16-4-12(5-16)6-17-7-12/h2-3,15H,4-7H2,1H3. The van der Waals surface area contributed by atoms with Crippen LogP contribution in [-0.4, -0.2) is 33.4 Å². The van der Waals surface area contributed by atoms with Crippen LogP contribution in [0.4, 0.5) is 20.2 Å². The number of hydrogen-bond acceptors (Lipinski definition) is 3. The summed E-state index contributed by atoms with van der Waals surface area (Å²) in [6.45, 7) is 2.78. The molecule has 3 rings (SSSR count). The van der Waals surface area contributed by atoms with Crippen molar-refractivity contribution in [2.75, 3.05) is 43.6 Å². The molecule has 2 saturated heterocycles. The number of nitrogens with one attached hydrogen (secondary N) is 1. The molecular weight excluding hydrogens is 226 g/mol. The van der Waals surface area contributed by atoms with Gasteiger partial charge in [-0.25, -0.2) is 8.78 Å². The fourth-order valence-electron chi connectivity index (χ4n) is 2.51. The Bertz CT molecular complexity index is 429. The largest absolute Gasteiger partial charge is 0.388 e. The fourth-order valence-corrected chi connectivity index (χ4v) is 2.51. The Morgan fingerprint density at radius 2 is 1.82 bits per heavy atom. The van der Waals surface area contributed by atoms with Gasteiger partial charge in [-0.15, -0.1) is 0 Å². The van der Waals surface area contributed by atoms with Gasteiger partial charge >= 0.3 is 0 Å². The minimum Gasteiger partial charge on any atom is -0.388 e. The molecule has 5 heteroatoms. The Morgan fingerprint density at radius 3 is 2.24 bits per heavy atom. The lowest BCUT2D eigenvalue weighted by atomic mass is 9.77. The third-order valence-electron chi connectivity index (χ3n) is 3.49. The number of benzene rings is 1. The quantitative estimate of drug-likeness (QED) is 0.853. The molecule has 1 N–H and O–H groups in total. The monoisotopic (exact) mass is 240 g/mol. The number of anilines is 2. The maximum atomic E-state index is 13.8. The predicted molar refractivity (Wildman–Crippen MR) is 61.4 cm³/mol. The van der Waals surface area contributed by atoms with Crippen molar-refractivity contribution in [1.82, 2.24) is 0 Å². The number of ether oxygens (including phenoxy) is 1. The summed E-state index contributed by atoms with van der Waals surface area (Å²) in [5.74, 6) is -1.02. The Labute approximate surface area is 98.4 Å². The van der Waals surface area contributed by atoms with E-state index >= 15 is 0 Å². The van der Waals surface area contributed by atoms with Gasteiger partial charge in [-0.2, -0.15) is 0 Å². The minimum atomic E-state index is -0.510. The number of rotatable bonds is 2. The molecule has 0 radical (unpaired) electrons. The highest BCUT2D eigenvalue weighted by atomic mass is 19.1. The molecule has 0 atom stereocenters. The van der Waals surface area contributed by atoms with E-state index in [0.29, 0.717) is 32.0 Å². The van der Waals surface area contributed by atoms with Gasteiger partial charge in [0.1, 0.15) is 5.69 Å². The minimum absolute atomic E-state index is 0.0847. The summed E-state index contributed by atoms with van der Waals surface area (Å²) in [7, 11) is 1.64. The van der Waals surface area contributed by atoms with Crippen molar-refractivity contribution in [3.05, 3.63) is 23.8 Å². The normalized spacial score (nSPS) is 21.0. The van der Waals surface area contributed by atoms with Gasteiger partial charge in [-0.1, -0.05) is 0 Å². The SMILES string of the molecule is CNc1cc(F)c(N2CC3(COC3)C2)c(F)c1. The highest BCUT2D eigenvalue weighted by Crippen LogP contribution is 2.42.